The first kappa shape index (κ1) is 16.6. The van der Waals surface area contributed by atoms with E-state index in [0.717, 1.165) is 16.9 Å². The molecule has 0 spiro atoms. The van der Waals surface area contributed by atoms with Crippen molar-refractivity contribution in [1.29, 1.82) is 0 Å². The van der Waals surface area contributed by atoms with Crippen LogP contribution in [0, 0.1) is 5.82 Å². The van der Waals surface area contributed by atoms with E-state index in [1.54, 1.807) is 30.1 Å². The molecule has 2 aromatic carbocycles. The normalized spacial score (nSPS) is 16.8. The van der Waals surface area contributed by atoms with E-state index in [4.69, 9.17) is 0 Å². The fourth-order valence-electron chi connectivity index (χ4n) is 3.61. The number of halogens is 1. The smallest absolute Gasteiger partial charge is 0.253 e. The Labute approximate surface area is 151 Å². The molecule has 2 aromatic rings. The molecule has 134 valence electrons. The molecule has 6 heteroatoms. The molecule has 1 saturated heterocycles. The predicted octanol–water partition coefficient (Wildman–Crippen LogP) is 2.31. The van der Waals surface area contributed by atoms with Crippen LogP contribution in [0.25, 0.3) is 0 Å². The predicted molar refractivity (Wildman–Crippen MR) is 98.1 cm³/mol. The van der Waals surface area contributed by atoms with Crippen LogP contribution < -0.4 is 9.80 Å². The highest BCUT2D eigenvalue weighted by atomic mass is 19.1. The number of hydrogen-bond acceptors (Lipinski definition) is 3. The van der Waals surface area contributed by atoms with Gasteiger partial charge >= 0.3 is 0 Å². The molecule has 0 aromatic heterocycles. The highest BCUT2D eigenvalue weighted by Gasteiger charge is 2.27. The first-order valence-corrected chi connectivity index (χ1v) is 8.72. The van der Waals surface area contributed by atoms with Gasteiger partial charge in [0, 0.05) is 50.2 Å². The molecule has 0 bridgehead atoms. The Morgan fingerprint density at radius 2 is 1.69 bits per heavy atom. The van der Waals surface area contributed by atoms with E-state index in [9.17, 15) is 14.0 Å². The van der Waals surface area contributed by atoms with Gasteiger partial charge in [-0.1, -0.05) is 0 Å². The number of benzene rings is 2. The molecule has 0 atom stereocenters. The SMILES string of the molecule is CN1C(=O)Cc2cc(C(=O)N3CCN(c4ccc(F)cc4)CC3)ccc21. The van der Waals surface area contributed by atoms with Gasteiger partial charge in [0.25, 0.3) is 5.91 Å². The van der Waals surface area contributed by atoms with Gasteiger partial charge in [0.1, 0.15) is 5.82 Å². The summed E-state index contributed by atoms with van der Waals surface area (Å²) >= 11 is 0. The van der Waals surface area contributed by atoms with E-state index in [0.29, 0.717) is 38.2 Å². The summed E-state index contributed by atoms with van der Waals surface area (Å²) in [5.74, 6) is -0.200. The second-order valence-electron chi connectivity index (χ2n) is 6.73. The number of amides is 2. The minimum Gasteiger partial charge on any atom is -0.368 e. The molecule has 0 unspecified atom stereocenters. The third-order valence-corrected chi connectivity index (χ3v) is 5.16. The summed E-state index contributed by atoms with van der Waals surface area (Å²) in [6.45, 7) is 2.66. The summed E-state index contributed by atoms with van der Waals surface area (Å²) in [6, 6.07) is 11.9. The summed E-state index contributed by atoms with van der Waals surface area (Å²) in [5, 5.41) is 0. The van der Waals surface area contributed by atoms with Crippen molar-refractivity contribution < 1.29 is 14.0 Å². The van der Waals surface area contributed by atoms with Crippen LogP contribution in [0.2, 0.25) is 0 Å². The Morgan fingerprint density at radius 3 is 2.38 bits per heavy atom. The van der Waals surface area contributed by atoms with Crippen molar-refractivity contribution in [2.24, 2.45) is 0 Å². The minimum absolute atomic E-state index is 0.00596. The maximum absolute atomic E-state index is 13.1. The molecule has 0 N–H and O–H groups in total. The van der Waals surface area contributed by atoms with Gasteiger partial charge in [0.2, 0.25) is 5.91 Å². The average molecular weight is 353 g/mol. The Hall–Kier alpha value is -2.89. The lowest BCUT2D eigenvalue weighted by atomic mass is 10.1. The molecule has 0 aliphatic carbocycles. The molecule has 1 fully saturated rings. The second-order valence-corrected chi connectivity index (χ2v) is 6.73. The summed E-state index contributed by atoms with van der Waals surface area (Å²) in [4.78, 5) is 30.2. The van der Waals surface area contributed by atoms with Crippen LogP contribution in [0.3, 0.4) is 0 Å². The number of carbonyl (C=O) groups excluding carboxylic acids is 2. The first-order valence-electron chi connectivity index (χ1n) is 8.72. The first-order chi connectivity index (χ1) is 12.5. The van der Waals surface area contributed by atoms with E-state index in [2.05, 4.69) is 4.90 Å². The van der Waals surface area contributed by atoms with Crippen LogP contribution in [-0.2, 0) is 11.2 Å². The monoisotopic (exact) mass is 353 g/mol. The van der Waals surface area contributed by atoms with Crippen molar-refractivity contribution in [2.75, 3.05) is 43.0 Å². The fourth-order valence-corrected chi connectivity index (χ4v) is 3.61. The Bertz CT molecular complexity index is 858. The lowest BCUT2D eigenvalue weighted by molar-refractivity contribution is -0.117. The molecular formula is C20H20FN3O2. The third-order valence-electron chi connectivity index (χ3n) is 5.16. The van der Waals surface area contributed by atoms with Gasteiger partial charge in [-0.3, -0.25) is 9.59 Å². The maximum Gasteiger partial charge on any atom is 0.253 e. The molecule has 2 heterocycles. The standard InChI is InChI=1S/C20H20FN3O2/c1-22-18-7-2-14(12-15(18)13-19(22)25)20(26)24-10-8-23(9-11-24)17-5-3-16(21)4-6-17/h2-7,12H,8-11,13H2,1H3. The van der Waals surface area contributed by atoms with Crippen molar-refractivity contribution >= 4 is 23.2 Å². The van der Waals surface area contributed by atoms with Gasteiger partial charge in [-0.15, -0.1) is 0 Å². The number of fused-ring (bicyclic) bond motifs is 1. The highest BCUT2D eigenvalue weighted by Crippen LogP contribution is 2.29. The van der Waals surface area contributed by atoms with E-state index in [1.165, 1.54) is 12.1 Å². The van der Waals surface area contributed by atoms with Crippen LogP contribution in [0.15, 0.2) is 42.5 Å². The van der Waals surface area contributed by atoms with Crippen LogP contribution in [0.4, 0.5) is 15.8 Å². The number of nitrogens with zero attached hydrogens (tertiary/aromatic N) is 3. The summed E-state index contributed by atoms with van der Waals surface area (Å²) in [6.07, 6.45) is 0.352. The number of anilines is 2. The van der Waals surface area contributed by atoms with Gasteiger partial charge in [0.05, 0.1) is 6.42 Å². The van der Waals surface area contributed by atoms with Gasteiger partial charge in [0.15, 0.2) is 0 Å². The zero-order valence-corrected chi connectivity index (χ0v) is 14.6. The lowest BCUT2D eigenvalue weighted by Crippen LogP contribution is -2.48. The van der Waals surface area contributed by atoms with Crippen LogP contribution >= 0.6 is 0 Å². The molecule has 4 rings (SSSR count). The van der Waals surface area contributed by atoms with E-state index in [1.807, 2.05) is 17.0 Å². The molecule has 26 heavy (non-hydrogen) atoms. The van der Waals surface area contributed by atoms with E-state index < -0.39 is 0 Å². The van der Waals surface area contributed by atoms with Gasteiger partial charge in [-0.2, -0.15) is 0 Å². The van der Waals surface area contributed by atoms with Crippen molar-refractivity contribution in [3.8, 4) is 0 Å². The third kappa shape index (κ3) is 2.92. The summed E-state index contributed by atoms with van der Waals surface area (Å²) < 4.78 is 13.1. The Kier molecular flexibility index (Phi) is 4.11. The van der Waals surface area contributed by atoms with Gasteiger partial charge in [-0.25, -0.2) is 4.39 Å². The van der Waals surface area contributed by atoms with Crippen molar-refractivity contribution in [2.45, 2.75) is 6.42 Å². The maximum atomic E-state index is 13.1. The highest BCUT2D eigenvalue weighted by molar-refractivity contribution is 6.03. The Balaban J connectivity index is 1.43. The van der Waals surface area contributed by atoms with Crippen LogP contribution in [0.5, 0.6) is 0 Å². The molecular weight excluding hydrogens is 333 g/mol. The fraction of sp³-hybridized carbons (Fsp3) is 0.300. The minimum atomic E-state index is -0.247. The van der Waals surface area contributed by atoms with Crippen molar-refractivity contribution in [3.05, 3.63) is 59.4 Å². The number of carbonyl (C=O) groups is 2. The molecule has 2 aliphatic heterocycles. The summed E-state index contributed by atoms with van der Waals surface area (Å²) in [7, 11) is 1.75. The molecule has 2 amide bonds. The van der Waals surface area contributed by atoms with Crippen molar-refractivity contribution in [3.63, 3.8) is 0 Å². The van der Waals surface area contributed by atoms with Gasteiger partial charge < -0.3 is 14.7 Å². The Morgan fingerprint density at radius 1 is 1.00 bits per heavy atom. The van der Waals surface area contributed by atoms with Crippen molar-refractivity contribution in [1.82, 2.24) is 4.90 Å². The van der Waals surface area contributed by atoms with E-state index in [-0.39, 0.29) is 17.6 Å². The zero-order chi connectivity index (χ0) is 18.3. The number of hydrogen-bond donors (Lipinski definition) is 0. The molecule has 0 saturated carbocycles. The zero-order valence-electron chi connectivity index (χ0n) is 14.6. The topological polar surface area (TPSA) is 43.9 Å². The summed E-state index contributed by atoms with van der Waals surface area (Å²) in [5.41, 5.74) is 3.39. The van der Waals surface area contributed by atoms with Crippen LogP contribution in [-0.4, -0.2) is 49.9 Å². The van der Waals surface area contributed by atoms with Gasteiger partial charge in [-0.05, 0) is 48.0 Å². The number of rotatable bonds is 2. The molecule has 0 radical (unpaired) electrons. The molecule has 2 aliphatic rings. The quantitative estimate of drug-likeness (QED) is 0.832. The number of piperazine rings is 1. The largest absolute Gasteiger partial charge is 0.368 e. The molecule has 5 nitrogen and oxygen atoms in total. The van der Waals surface area contributed by atoms with E-state index >= 15 is 0 Å². The lowest BCUT2D eigenvalue weighted by Gasteiger charge is -2.36. The average Bonchev–Trinajstić information content (AvgIpc) is 2.95. The number of likely N-dealkylation sites (N-methyl/N-ethyl adjacent to an activating group) is 1. The second kappa shape index (κ2) is 6.44. The van der Waals surface area contributed by atoms with Crippen LogP contribution in [0.1, 0.15) is 15.9 Å².